The van der Waals surface area contributed by atoms with Crippen molar-refractivity contribution in [1.82, 2.24) is 0 Å². The molecule has 0 saturated carbocycles. The normalized spacial score (nSPS) is 11.4. The first-order valence-corrected chi connectivity index (χ1v) is 9.18. The van der Waals surface area contributed by atoms with E-state index in [0.29, 0.717) is 17.4 Å². The lowest BCUT2D eigenvalue weighted by Crippen LogP contribution is -2.14. The maximum absolute atomic E-state index is 12.7. The molecule has 0 amide bonds. The van der Waals surface area contributed by atoms with Gasteiger partial charge < -0.3 is 9.47 Å². The van der Waals surface area contributed by atoms with Gasteiger partial charge in [0, 0.05) is 11.8 Å². The maximum atomic E-state index is 12.7. The molecule has 0 heterocycles. The van der Waals surface area contributed by atoms with Gasteiger partial charge in [-0.1, -0.05) is 26.0 Å². The fourth-order valence-corrected chi connectivity index (χ4v) is 3.67. The molecule has 2 aromatic carbocycles. The highest BCUT2D eigenvalue weighted by atomic mass is 32.2. The highest BCUT2D eigenvalue weighted by molar-refractivity contribution is 7.92. The van der Waals surface area contributed by atoms with Crippen LogP contribution in [-0.2, 0) is 16.4 Å². The van der Waals surface area contributed by atoms with E-state index in [-0.39, 0.29) is 10.6 Å². The smallest absolute Gasteiger partial charge is 0.265 e. The molecule has 2 rings (SSSR count). The molecular formula is C18H23NO4S. The fourth-order valence-electron chi connectivity index (χ4n) is 2.44. The van der Waals surface area contributed by atoms with Crippen LogP contribution in [0, 0.1) is 5.92 Å². The second-order valence-corrected chi connectivity index (χ2v) is 7.57. The van der Waals surface area contributed by atoms with Gasteiger partial charge in [0.15, 0.2) is 0 Å². The molecule has 0 bridgehead atoms. The number of ether oxygens (including phenoxy) is 2. The molecule has 0 aromatic heterocycles. The molecule has 0 spiro atoms. The van der Waals surface area contributed by atoms with Crippen LogP contribution in [0.15, 0.2) is 47.4 Å². The molecule has 5 nitrogen and oxygen atoms in total. The van der Waals surface area contributed by atoms with Gasteiger partial charge in [0.2, 0.25) is 0 Å². The Morgan fingerprint density at radius 3 is 2.42 bits per heavy atom. The molecule has 130 valence electrons. The first-order chi connectivity index (χ1) is 11.4. The standard InChI is InChI=1S/C18H23NO4S/c1-13(2)10-14-6-5-7-15(11-14)19-24(20,21)18-12-16(22-3)8-9-17(18)23-4/h5-9,11-13,19H,10H2,1-4H3. The van der Waals surface area contributed by atoms with E-state index in [0.717, 1.165) is 12.0 Å². The van der Waals surface area contributed by atoms with Crippen molar-refractivity contribution in [3.8, 4) is 11.5 Å². The lowest BCUT2D eigenvalue weighted by atomic mass is 10.0. The third-order valence-electron chi connectivity index (χ3n) is 3.48. The Labute approximate surface area is 143 Å². The first kappa shape index (κ1) is 18.1. The third-order valence-corrected chi connectivity index (χ3v) is 4.89. The SMILES string of the molecule is COc1ccc(OC)c(S(=O)(=O)Nc2cccc(CC(C)C)c2)c1. The number of sulfonamides is 1. The lowest BCUT2D eigenvalue weighted by molar-refractivity contribution is 0.392. The van der Waals surface area contributed by atoms with Gasteiger partial charge in [0.05, 0.1) is 14.2 Å². The highest BCUT2D eigenvalue weighted by Crippen LogP contribution is 2.30. The molecular weight excluding hydrogens is 326 g/mol. The molecule has 0 unspecified atom stereocenters. The average Bonchev–Trinajstić information content (AvgIpc) is 2.53. The van der Waals surface area contributed by atoms with E-state index in [1.807, 2.05) is 18.2 Å². The van der Waals surface area contributed by atoms with Gasteiger partial charge in [-0.15, -0.1) is 0 Å². The van der Waals surface area contributed by atoms with Crippen LogP contribution in [0.25, 0.3) is 0 Å². The van der Waals surface area contributed by atoms with Crippen molar-refractivity contribution in [2.45, 2.75) is 25.2 Å². The van der Waals surface area contributed by atoms with Gasteiger partial charge in [-0.2, -0.15) is 0 Å². The number of methoxy groups -OCH3 is 2. The van der Waals surface area contributed by atoms with Crippen LogP contribution in [0.1, 0.15) is 19.4 Å². The summed E-state index contributed by atoms with van der Waals surface area (Å²) in [5, 5.41) is 0. The van der Waals surface area contributed by atoms with Gasteiger partial charge in [-0.25, -0.2) is 8.42 Å². The molecule has 6 heteroatoms. The summed E-state index contributed by atoms with van der Waals surface area (Å²) < 4.78 is 38.4. The summed E-state index contributed by atoms with van der Waals surface area (Å²) in [5.41, 5.74) is 1.61. The molecule has 0 aliphatic rings. The van der Waals surface area contributed by atoms with E-state index in [1.54, 1.807) is 18.2 Å². The Bertz CT molecular complexity index is 800. The molecule has 0 aliphatic carbocycles. The van der Waals surface area contributed by atoms with Gasteiger partial charge in [0.25, 0.3) is 10.0 Å². The summed E-state index contributed by atoms with van der Waals surface area (Å²) in [5.74, 6) is 1.21. The molecule has 1 N–H and O–H groups in total. The first-order valence-electron chi connectivity index (χ1n) is 7.69. The Kier molecular flexibility index (Phi) is 5.72. The highest BCUT2D eigenvalue weighted by Gasteiger charge is 2.21. The molecule has 0 saturated heterocycles. The van der Waals surface area contributed by atoms with Gasteiger partial charge in [-0.05, 0) is 42.2 Å². The number of hydrogen-bond donors (Lipinski definition) is 1. The van der Waals surface area contributed by atoms with Crippen LogP contribution in [0.5, 0.6) is 11.5 Å². The van der Waals surface area contributed by atoms with Crippen molar-refractivity contribution in [3.63, 3.8) is 0 Å². The largest absolute Gasteiger partial charge is 0.497 e. The van der Waals surface area contributed by atoms with Gasteiger partial charge >= 0.3 is 0 Å². The van der Waals surface area contributed by atoms with Crippen LogP contribution in [0.4, 0.5) is 5.69 Å². The molecule has 0 aliphatic heterocycles. The van der Waals surface area contributed by atoms with E-state index < -0.39 is 10.0 Å². The second kappa shape index (κ2) is 7.57. The Hall–Kier alpha value is -2.21. The van der Waals surface area contributed by atoms with Gasteiger partial charge in [-0.3, -0.25) is 4.72 Å². The summed E-state index contributed by atoms with van der Waals surface area (Å²) in [6, 6.07) is 12.1. The van der Waals surface area contributed by atoms with Crippen molar-refractivity contribution < 1.29 is 17.9 Å². The fraction of sp³-hybridized carbons (Fsp3) is 0.333. The number of anilines is 1. The van der Waals surface area contributed by atoms with Crippen molar-refractivity contribution in [2.75, 3.05) is 18.9 Å². The van der Waals surface area contributed by atoms with Crippen LogP contribution < -0.4 is 14.2 Å². The Morgan fingerprint density at radius 1 is 1.04 bits per heavy atom. The van der Waals surface area contributed by atoms with E-state index >= 15 is 0 Å². The number of nitrogens with one attached hydrogen (secondary N) is 1. The quantitative estimate of drug-likeness (QED) is 0.828. The summed E-state index contributed by atoms with van der Waals surface area (Å²) in [6.45, 7) is 4.25. The molecule has 0 atom stereocenters. The van der Waals surface area contributed by atoms with Crippen LogP contribution in [0.2, 0.25) is 0 Å². The predicted molar refractivity (Wildman–Crippen MR) is 95.3 cm³/mol. The Morgan fingerprint density at radius 2 is 1.79 bits per heavy atom. The zero-order valence-electron chi connectivity index (χ0n) is 14.4. The van der Waals surface area contributed by atoms with Crippen molar-refractivity contribution >= 4 is 15.7 Å². The van der Waals surface area contributed by atoms with Gasteiger partial charge in [0.1, 0.15) is 16.4 Å². The number of hydrogen-bond acceptors (Lipinski definition) is 4. The van der Waals surface area contributed by atoms with Crippen LogP contribution >= 0.6 is 0 Å². The molecule has 0 radical (unpaired) electrons. The summed E-state index contributed by atoms with van der Waals surface area (Å²) in [7, 11) is -0.867. The lowest BCUT2D eigenvalue weighted by Gasteiger charge is -2.14. The summed E-state index contributed by atoms with van der Waals surface area (Å²) in [4.78, 5) is 0.0404. The predicted octanol–water partition coefficient (Wildman–Crippen LogP) is 3.70. The second-order valence-electron chi connectivity index (χ2n) is 5.92. The number of rotatable bonds is 7. The molecule has 24 heavy (non-hydrogen) atoms. The third kappa shape index (κ3) is 4.41. The van der Waals surface area contributed by atoms with Crippen molar-refractivity contribution in [3.05, 3.63) is 48.0 Å². The minimum atomic E-state index is -3.79. The minimum absolute atomic E-state index is 0.0404. The molecule has 2 aromatic rings. The minimum Gasteiger partial charge on any atom is -0.497 e. The van der Waals surface area contributed by atoms with Crippen LogP contribution in [0.3, 0.4) is 0 Å². The summed E-state index contributed by atoms with van der Waals surface area (Å²) >= 11 is 0. The average molecular weight is 349 g/mol. The van der Waals surface area contributed by atoms with E-state index in [9.17, 15) is 8.42 Å². The van der Waals surface area contributed by atoms with Crippen molar-refractivity contribution in [1.29, 1.82) is 0 Å². The zero-order valence-corrected chi connectivity index (χ0v) is 15.2. The topological polar surface area (TPSA) is 64.6 Å². The summed E-state index contributed by atoms with van der Waals surface area (Å²) in [6.07, 6.45) is 0.887. The zero-order chi connectivity index (χ0) is 17.7. The van der Waals surface area contributed by atoms with E-state index in [4.69, 9.17) is 9.47 Å². The monoisotopic (exact) mass is 349 g/mol. The maximum Gasteiger partial charge on any atom is 0.265 e. The van der Waals surface area contributed by atoms with E-state index in [1.165, 1.54) is 20.3 Å². The van der Waals surface area contributed by atoms with Crippen molar-refractivity contribution in [2.24, 2.45) is 5.92 Å². The number of benzene rings is 2. The molecule has 0 fully saturated rings. The Balaban J connectivity index is 2.35. The van der Waals surface area contributed by atoms with E-state index in [2.05, 4.69) is 18.6 Å². The van der Waals surface area contributed by atoms with Crippen LogP contribution in [-0.4, -0.2) is 22.6 Å².